The number of amides is 1. The maximum atomic E-state index is 12.8. The van der Waals surface area contributed by atoms with Crippen LogP contribution in [-0.4, -0.2) is 47.0 Å². The van der Waals surface area contributed by atoms with E-state index in [1.807, 2.05) is 18.2 Å². The fraction of sp³-hybridized carbons (Fsp3) is 0.190. The number of benzene rings is 1. The van der Waals surface area contributed by atoms with Crippen molar-refractivity contribution in [3.8, 4) is 23.1 Å². The summed E-state index contributed by atoms with van der Waals surface area (Å²) >= 11 is 0. The standard InChI is InChI=1S/C21H21N5O4/c1-28-16-11-17(29-2)19(30-3)18-14(16)10-15(25-18)21(27)23-12-13-6-4-7-22-20(13)26-9-5-8-24-26/h4-11,25H,12H2,1-3H3,(H,23,27). The van der Waals surface area contributed by atoms with Gasteiger partial charge >= 0.3 is 0 Å². The molecule has 0 fully saturated rings. The SMILES string of the molecule is COc1cc(OC)c2cc(C(=O)NCc3cccnc3-n3cccn3)[nH]c2c1OC. The van der Waals surface area contributed by atoms with Crippen molar-refractivity contribution in [3.05, 3.63) is 60.2 Å². The number of fused-ring (bicyclic) bond motifs is 1. The molecule has 9 nitrogen and oxygen atoms in total. The van der Waals surface area contributed by atoms with Gasteiger partial charge < -0.3 is 24.5 Å². The van der Waals surface area contributed by atoms with Gasteiger partial charge in [-0.2, -0.15) is 5.10 Å². The number of methoxy groups -OCH3 is 3. The van der Waals surface area contributed by atoms with Crippen LogP contribution in [0.3, 0.4) is 0 Å². The Hall–Kier alpha value is -4.01. The number of hydrogen-bond donors (Lipinski definition) is 2. The molecule has 0 radical (unpaired) electrons. The van der Waals surface area contributed by atoms with E-state index in [0.717, 1.165) is 10.9 Å². The lowest BCUT2D eigenvalue weighted by Crippen LogP contribution is -2.24. The molecule has 154 valence electrons. The van der Waals surface area contributed by atoms with Crippen LogP contribution < -0.4 is 19.5 Å². The Kier molecular flexibility index (Phi) is 5.25. The van der Waals surface area contributed by atoms with E-state index in [4.69, 9.17) is 14.2 Å². The summed E-state index contributed by atoms with van der Waals surface area (Å²) in [4.78, 5) is 20.3. The van der Waals surface area contributed by atoms with E-state index in [9.17, 15) is 4.79 Å². The summed E-state index contributed by atoms with van der Waals surface area (Å²) in [6.45, 7) is 0.287. The molecule has 0 unspecified atom stereocenters. The van der Waals surface area contributed by atoms with E-state index in [1.54, 1.807) is 56.7 Å². The fourth-order valence-corrected chi connectivity index (χ4v) is 3.30. The largest absolute Gasteiger partial charge is 0.496 e. The summed E-state index contributed by atoms with van der Waals surface area (Å²) in [7, 11) is 4.65. The van der Waals surface area contributed by atoms with Gasteiger partial charge in [0.1, 0.15) is 11.4 Å². The number of hydrogen-bond acceptors (Lipinski definition) is 6. The third kappa shape index (κ3) is 3.41. The highest BCUT2D eigenvalue weighted by molar-refractivity contribution is 6.02. The molecule has 0 bridgehead atoms. The quantitative estimate of drug-likeness (QED) is 0.488. The molecule has 0 aliphatic carbocycles. The predicted molar refractivity (Wildman–Crippen MR) is 110 cm³/mol. The van der Waals surface area contributed by atoms with Crippen LogP contribution in [0.15, 0.2) is 48.9 Å². The van der Waals surface area contributed by atoms with Crippen molar-refractivity contribution in [3.63, 3.8) is 0 Å². The average molecular weight is 407 g/mol. The fourth-order valence-electron chi connectivity index (χ4n) is 3.30. The molecule has 0 atom stereocenters. The van der Waals surface area contributed by atoms with Gasteiger partial charge in [0.2, 0.25) is 0 Å². The smallest absolute Gasteiger partial charge is 0.268 e. The summed E-state index contributed by atoms with van der Waals surface area (Å²) in [5.41, 5.74) is 1.83. The first-order valence-corrected chi connectivity index (χ1v) is 9.20. The lowest BCUT2D eigenvalue weighted by atomic mass is 10.2. The summed E-state index contributed by atoms with van der Waals surface area (Å²) < 4.78 is 17.9. The lowest BCUT2D eigenvalue weighted by Gasteiger charge is -2.11. The molecule has 2 N–H and O–H groups in total. The first-order valence-electron chi connectivity index (χ1n) is 9.20. The second-order valence-corrected chi connectivity index (χ2v) is 6.41. The minimum absolute atomic E-state index is 0.274. The van der Waals surface area contributed by atoms with Crippen LogP contribution in [0, 0.1) is 0 Å². The number of ether oxygens (including phenoxy) is 3. The van der Waals surface area contributed by atoms with Crippen LogP contribution in [0.5, 0.6) is 17.2 Å². The van der Waals surface area contributed by atoms with Gasteiger partial charge in [-0.25, -0.2) is 9.67 Å². The number of rotatable bonds is 7. The van der Waals surface area contributed by atoms with Crippen LogP contribution in [0.1, 0.15) is 16.1 Å². The highest BCUT2D eigenvalue weighted by Crippen LogP contribution is 2.41. The van der Waals surface area contributed by atoms with Crippen LogP contribution in [-0.2, 0) is 6.54 Å². The van der Waals surface area contributed by atoms with Crippen molar-refractivity contribution < 1.29 is 19.0 Å². The van der Waals surface area contributed by atoms with E-state index < -0.39 is 0 Å². The van der Waals surface area contributed by atoms with E-state index in [1.165, 1.54) is 0 Å². The number of carbonyl (C=O) groups excluding carboxylic acids is 1. The third-order valence-electron chi connectivity index (χ3n) is 4.71. The van der Waals surface area contributed by atoms with Crippen molar-refractivity contribution in [1.82, 2.24) is 25.1 Å². The number of carbonyl (C=O) groups is 1. The van der Waals surface area contributed by atoms with Gasteiger partial charge in [0.15, 0.2) is 17.3 Å². The van der Waals surface area contributed by atoms with Gasteiger partial charge in [0.05, 0.1) is 26.8 Å². The van der Waals surface area contributed by atoms with Gasteiger partial charge in [0, 0.05) is 42.2 Å². The number of H-pyrrole nitrogens is 1. The third-order valence-corrected chi connectivity index (χ3v) is 4.71. The molecule has 0 aliphatic rings. The monoisotopic (exact) mass is 407 g/mol. The highest BCUT2D eigenvalue weighted by Gasteiger charge is 2.19. The van der Waals surface area contributed by atoms with Gasteiger partial charge in [-0.1, -0.05) is 6.07 Å². The topological polar surface area (TPSA) is 103 Å². The van der Waals surface area contributed by atoms with Crippen molar-refractivity contribution in [1.29, 1.82) is 0 Å². The van der Waals surface area contributed by atoms with E-state index in [2.05, 4.69) is 20.4 Å². The van der Waals surface area contributed by atoms with Crippen molar-refractivity contribution in [2.24, 2.45) is 0 Å². The van der Waals surface area contributed by atoms with E-state index in [0.29, 0.717) is 34.3 Å². The van der Waals surface area contributed by atoms with Gasteiger partial charge in [0.25, 0.3) is 5.91 Å². The molecular weight excluding hydrogens is 386 g/mol. The molecule has 9 heteroatoms. The van der Waals surface area contributed by atoms with Crippen molar-refractivity contribution >= 4 is 16.8 Å². The first-order chi connectivity index (χ1) is 14.7. The molecule has 1 amide bonds. The molecular formula is C21H21N5O4. The molecule has 3 aromatic heterocycles. The van der Waals surface area contributed by atoms with Crippen molar-refractivity contribution in [2.45, 2.75) is 6.54 Å². The molecule has 0 aliphatic heterocycles. The second-order valence-electron chi connectivity index (χ2n) is 6.41. The van der Waals surface area contributed by atoms with Crippen LogP contribution in [0.2, 0.25) is 0 Å². The molecule has 0 saturated carbocycles. The molecule has 4 aromatic rings. The van der Waals surface area contributed by atoms with E-state index in [-0.39, 0.29) is 12.5 Å². The Morgan fingerprint density at radius 3 is 2.63 bits per heavy atom. The summed E-state index contributed by atoms with van der Waals surface area (Å²) in [5, 5.41) is 7.85. The zero-order valence-corrected chi connectivity index (χ0v) is 16.8. The number of pyridine rings is 1. The maximum absolute atomic E-state index is 12.8. The summed E-state index contributed by atoms with van der Waals surface area (Å²) in [5.74, 6) is 1.97. The number of aromatic amines is 1. The number of aromatic nitrogens is 4. The Morgan fingerprint density at radius 2 is 1.93 bits per heavy atom. The normalized spacial score (nSPS) is 10.8. The Balaban J connectivity index is 1.62. The summed E-state index contributed by atoms with van der Waals surface area (Å²) in [6, 6.07) is 8.98. The van der Waals surface area contributed by atoms with Gasteiger partial charge in [-0.3, -0.25) is 4.79 Å². The number of nitrogens with one attached hydrogen (secondary N) is 2. The molecule has 0 saturated heterocycles. The van der Waals surface area contributed by atoms with Crippen LogP contribution in [0.25, 0.3) is 16.7 Å². The van der Waals surface area contributed by atoms with Crippen LogP contribution in [0.4, 0.5) is 0 Å². The van der Waals surface area contributed by atoms with Crippen LogP contribution >= 0.6 is 0 Å². The van der Waals surface area contributed by atoms with Crippen molar-refractivity contribution in [2.75, 3.05) is 21.3 Å². The Bertz CT molecular complexity index is 1180. The van der Waals surface area contributed by atoms with E-state index >= 15 is 0 Å². The average Bonchev–Trinajstić information content (AvgIpc) is 3.46. The zero-order chi connectivity index (χ0) is 21.1. The number of nitrogens with zero attached hydrogens (tertiary/aromatic N) is 3. The lowest BCUT2D eigenvalue weighted by molar-refractivity contribution is 0.0946. The molecule has 0 spiro atoms. The predicted octanol–water partition coefficient (Wildman–Crippen LogP) is 2.70. The first kappa shape index (κ1) is 19.3. The molecule has 1 aromatic carbocycles. The van der Waals surface area contributed by atoms with Gasteiger partial charge in [-0.15, -0.1) is 0 Å². The van der Waals surface area contributed by atoms with Gasteiger partial charge in [-0.05, 0) is 18.2 Å². The second kappa shape index (κ2) is 8.16. The minimum Gasteiger partial charge on any atom is -0.496 e. The zero-order valence-electron chi connectivity index (χ0n) is 16.8. The maximum Gasteiger partial charge on any atom is 0.268 e. The molecule has 30 heavy (non-hydrogen) atoms. The minimum atomic E-state index is -0.274. The molecule has 4 rings (SSSR count). The highest BCUT2D eigenvalue weighted by atomic mass is 16.5. The summed E-state index contributed by atoms with van der Waals surface area (Å²) in [6.07, 6.45) is 5.17. The Morgan fingerprint density at radius 1 is 1.10 bits per heavy atom. The Labute approximate surface area is 172 Å². The molecule has 3 heterocycles.